The first-order valence-electron chi connectivity index (χ1n) is 4.87. The highest BCUT2D eigenvalue weighted by Crippen LogP contribution is 2.40. The van der Waals surface area contributed by atoms with Gasteiger partial charge in [-0.2, -0.15) is 0 Å². The number of fused-ring (bicyclic) bond motifs is 2. The van der Waals surface area contributed by atoms with Gasteiger partial charge in [0.25, 0.3) is 0 Å². The van der Waals surface area contributed by atoms with Crippen LogP contribution in [0.1, 0.15) is 0 Å². The van der Waals surface area contributed by atoms with E-state index < -0.39 is 0 Å². The Labute approximate surface area is 107 Å². The van der Waals surface area contributed by atoms with Gasteiger partial charge < -0.3 is 10.2 Å². The minimum atomic E-state index is 0.805. The smallest absolute Gasteiger partial charge is 0.176 e. The summed E-state index contributed by atoms with van der Waals surface area (Å²) in [6.07, 6.45) is 3.40. The SMILES string of the molecule is CN1c2ccc(I)cc2Nc2nccnc21. The van der Waals surface area contributed by atoms with E-state index in [9.17, 15) is 0 Å². The van der Waals surface area contributed by atoms with Crippen LogP contribution in [0.5, 0.6) is 0 Å². The molecule has 0 bridgehead atoms. The molecule has 1 aliphatic heterocycles. The molecule has 0 saturated heterocycles. The fourth-order valence-electron chi connectivity index (χ4n) is 1.81. The lowest BCUT2D eigenvalue weighted by molar-refractivity contribution is 1.07. The number of hydrogen-bond acceptors (Lipinski definition) is 4. The lowest BCUT2D eigenvalue weighted by Gasteiger charge is -2.28. The van der Waals surface area contributed by atoms with Crippen LogP contribution in [0.2, 0.25) is 0 Å². The Morgan fingerprint density at radius 2 is 2.06 bits per heavy atom. The van der Waals surface area contributed by atoms with Gasteiger partial charge in [-0.15, -0.1) is 0 Å². The maximum atomic E-state index is 4.32. The Morgan fingerprint density at radius 1 is 1.25 bits per heavy atom. The van der Waals surface area contributed by atoms with E-state index in [-0.39, 0.29) is 0 Å². The number of anilines is 4. The number of halogens is 1. The van der Waals surface area contributed by atoms with Crippen molar-refractivity contribution >= 4 is 45.6 Å². The first-order valence-corrected chi connectivity index (χ1v) is 5.95. The molecule has 0 amide bonds. The molecule has 1 aliphatic rings. The number of nitrogens with one attached hydrogen (secondary N) is 1. The molecule has 0 spiro atoms. The van der Waals surface area contributed by atoms with Crippen LogP contribution in [0.25, 0.3) is 0 Å². The molecule has 1 N–H and O–H groups in total. The summed E-state index contributed by atoms with van der Waals surface area (Å²) in [7, 11) is 2.00. The van der Waals surface area contributed by atoms with Gasteiger partial charge in [0.15, 0.2) is 11.6 Å². The second-order valence-corrected chi connectivity index (χ2v) is 4.82. The minimum Gasteiger partial charge on any atom is -0.335 e. The van der Waals surface area contributed by atoms with Crippen molar-refractivity contribution in [2.24, 2.45) is 0 Å². The molecule has 0 atom stereocenters. The molecular weight excluding hydrogens is 315 g/mol. The summed E-state index contributed by atoms with van der Waals surface area (Å²) in [5, 5.41) is 3.29. The highest BCUT2D eigenvalue weighted by atomic mass is 127. The van der Waals surface area contributed by atoms with Crippen LogP contribution >= 0.6 is 22.6 Å². The molecule has 5 heteroatoms. The zero-order chi connectivity index (χ0) is 11.1. The number of nitrogens with zero attached hydrogens (tertiary/aromatic N) is 3. The van der Waals surface area contributed by atoms with Crippen LogP contribution in [-0.2, 0) is 0 Å². The van der Waals surface area contributed by atoms with Crippen LogP contribution < -0.4 is 10.2 Å². The van der Waals surface area contributed by atoms with E-state index in [1.807, 2.05) is 11.9 Å². The predicted molar refractivity (Wildman–Crippen MR) is 72.5 cm³/mol. The van der Waals surface area contributed by atoms with E-state index >= 15 is 0 Å². The van der Waals surface area contributed by atoms with E-state index in [1.165, 1.54) is 3.57 Å². The van der Waals surface area contributed by atoms with Gasteiger partial charge in [-0.05, 0) is 40.8 Å². The minimum absolute atomic E-state index is 0.805. The fourth-order valence-corrected chi connectivity index (χ4v) is 2.30. The van der Waals surface area contributed by atoms with E-state index in [4.69, 9.17) is 0 Å². The third kappa shape index (κ3) is 1.42. The quantitative estimate of drug-likeness (QED) is 0.757. The number of benzene rings is 1. The second kappa shape index (κ2) is 3.58. The molecule has 0 saturated carbocycles. The van der Waals surface area contributed by atoms with Gasteiger partial charge in [0.2, 0.25) is 0 Å². The fraction of sp³-hybridized carbons (Fsp3) is 0.0909. The molecule has 4 nitrogen and oxygen atoms in total. The third-order valence-electron chi connectivity index (χ3n) is 2.57. The topological polar surface area (TPSA) is 41.0 Å². The summed E-state index contributed by atoms with van der Waals surface area (Å²) in [4.78, 5) is 10.6. The van der Waals surface area contributed by atoms with E-state index in [1.54, 1.807) is 12.4 Å². The summed E-state index contributed by atoms with van der Waals surface area (Å²) in [6.45, 7) is 0. The predicted octanol–water partition coefficient (Wildman–Crippen LogP) is 2.91. The highest BCUT2D eigenvalue weighted by Gasteiger charge is 2.21. The van der Waals surface area contributed by atoms with Crippen LogP contribution in [0.3, 0.4) is 0 Å². The van der Waals surface area contributed by atoms with Crippen molar-refractivity contribution < 1.29 is 0 Å². The second-order valence-electron chi connectivity index (χ2n) is 3.57. The molecule has 0 radical (unpaired) electrons. The molecule has 0 aliphatic carbocycles. The number of aromatic nitrogens is 2. The Kier molecular flexibility index (Phi) is 2.20. The van der Waals surface area contributed by atoms with Crippen molar-refractivity contribution in [2.75, 3.05) is 17.3 Å². The lowest BCUT2D eigenvalue weighted by Crippen LogP contribution is -2.19. The van der Waals surface area contributed by atoms with E-state index in [0.29, 0.717) is 0 Å². The largest absolute Gasteiger partial charge is 0.335 e. The van der Waals surface area contributed by atoms with E-state index in [2.05, 4.69) is 56.1 Å². The average Bonchev–Trinajstić information content (AvgIpc) is 2.29. The van der Waals surface area contributed by atoms with E-state index in [0.717, 1.165) is 23.0 Å². The van der Waals surface area contributed by atoms with Crippen LogP contribution in [0.4, 0.5) is 23.0 Å². The van der Waals surface area contributed by atoms with Crippen molar-refractivity contribution in [3.05, 3.63) is 34.2 Å². The number of hydrogen-bond donors (Lipinski definition) is 1. The van der Waals surface area contributed by atoms with Crippen molar-refractivity contribution in [3.63, 3.8) is 0 Å². The van der Waals surface area contributed by atoms with Gasteiger partial charge in [-0.3, -0.25) is 0 Å². The average molecular weight is 324 g/mol. The van der Waals surface area contributed by atoms with Gasteiger partial charge in [0.05, 0.1) is 11.4 Å². The van der Waals surface area contributed by atoms with Gasteiger partial charge >= 0.3 is 0 Å². The molecule has 3 rings (SSSR count). The van der Waals surface area contributed by atoms with Gasteiger partial charge in [0, 0.05) is 23.0 Å². The summed E-state index contributed by atoms with van der Waals surface area (Å²) in [5.74, 6) is 1.66. The monoisotopic (exact) mass is 324 g/mol. The van der Waals surface area contributed by atoms with Gasteiger partial charge in [-0.25, -0.2) is 9.97 Å². The molecule has 80 valence electrons. The summed E-state index contributed by atoms with van der Waals surface area (Å²) >= 11 is 2.30. The lowest BCUT2D eigenvalue weighted by atomic mass is 10.2. The van der Waals surface area contributed by atoms with Crippen LogP contribution in [0, 0.1) is 3.57 Å². The van der Waals surface area contributed by atoms with Crippen molar-refractivity contribution in [1.29, 1.82) is 0 Å². The molecule has 0 fully saturated rings. The summed E-state index contributed by atoms with van der Waals surface area (Å²) in [6, 6.07) is 6.27. The normalized spacial score (nSPS) is 12.8. The standard InChI is InChI=1S/C11H9IN4/c1-16-9-3-2-7(12)6-8(9)15-10-11(16)14-5-4-13-10/h2-6H,1H3,(H,13,15). The van der Waals surface area contributed by atoms with Crippen molar-refractivity contribution in [2.45, 2.75) is 0 Å². The van der Waals surface area contributed by atoms with Crippen molar-refractivity contribution in [1.82, 2.24) is 9.97 Å². The molecule has 2 aromatic rings. The Morgan fingerprint density at radius 3 is 2.94 bits per heavy atom. The highest BCUT2D eigenvalue weighted by molar-refractivity contribution is 14.1. The maximum absolute atomic E-state index is 4.32. The third-order valence-corrected chi connectivity index (χ3v) is 3.24. The van der Waals surface area contributed by atoms with Crippen LogP contribution in [-0.4, -0.2) is 17.0 Å². The van der Waals surface area contributed by atoms with Gasteiger partial charge in [-0.1, -0.05) is 0 Å². The Bertz CT molecular complexity index is 555. The molecule has 16 heavy (non-hydrogen) atoms. The van der Waals surface area contributed by atoms with Crippen LogP contribution in [0.15, 0.2) is 30.6 Å². The Hall–Kier alpha value is -1.37. The molecule has 1 aromatic carbocycles. The molecule has 2 heterocycles. The summed E-state index contributed by atoms with van der Waals surface area (Å²) in [5.41, 5.74) is 2.19. The zero-order valence-corrected chi connectivity index (χ0v) is 10.8. The molecule has 0 unspecified atom stereocenters. The zero-order valence-electron chi connectivity index (χ0n) is 8.61. The Balaban J connectivity index is 2.18. The number of rotatable bonds is 0. The van der Waals surface area contributed by atoms with Gasteiger partial charge in [0.1, 0.15) is 0 Å². The first-order chi connectivity index (χ1) is 7.75. The molecule has 1 aromatic heterocycles. The first kappa shape index (κ1) is 9.83. The van der Waals surface area contributed by atoms with Crippen molar-refractivity contribution in [3.8, 4) is 0 Å². The summed E-state index contributed by atoms with van der Waals surface area (Å²) < 4.78 is 1.20. The maximum Gasteiger partial charge on any atom is 0.176 e. The molecular formula is C11H9IN4.